The zero-order chi connectivity index (χ0) is 10.1. The Morgan fingerprint density at radius 1 is 1.36 bits per heavy atom. The lowest BCUT2D eigenvalue weighted by atomic mass is 10.2. The van der Waals surface area contributed by atoms with Gasteiger partial charge in [-0.05, 0) is 44.6 Å². The van der Waals surface area contributed by atoms with Gasteiger partial charge in [0.05, 0.1) is 0 Å². The third kappa shape index (κ3) is 1.66. The van der Waals surface area contributed by atoms with Crippen LogP contribution in [0.1, 0.15) is 0 Å². The van der Waals surface area contributed by atoms with Crippen LogP contribution in [0.4, 0.5) is 5.82 Å². The van der Waals surface area contributed by atoms with Crippen LogP contribution in [-0.4, -0.2) is 5.16 Å². The molecule has 0 saturated carbocycles. The maximum Gasteiger partial charge on any atom is 0.184 e. The monoisotopic (exact) mass is 364 g/mol. The largest absolute Gasteiger partial charge is 0.380 e. The van der Waals surface area contributed by atoms with E-state index in [0.29, 0.717) is 16.1 Å². The van der Waals surface area contributed by atoms with Gasteiger partial charge in [0, 0.05) is 9.13 Å². The molecule has 0 fully saturated rings. The Labute approximate surface area is 103 Å². The molecule has 2 N–H and O–H groups in total. The van der Waals surface area contributed by atoms with Gasteiger partial charge in [-0.2, -0.15) is 0 Å². The number of rotatable bonds is 1. The van der Waals surface area contributed by atoms with Gasteiger partial charge in [0.25, 0.3) is 0 Å². The van der Waals surface area contributed by atoms with Gasteiger partial charge in [0.2, 0.25) is 0 Å². The number of nitrogens with two attached hydrogens (primary N) is 1. The lowest BCUT2D eigenvalue weighted by Crippen LogP contribution is -1.84. The average molecular weight is 365 g/mol. The number of benzene rings is 1. The molecular formula is C9H6BrIN2O. The van der Waals surface area contributed by atoms with Crippen molar-refractivity contribution in [3.63, 3.8) is 0 Å². The summed E-state index contributed by atoms with van der Waals surface area (Å²) < 4.78 is 6.94. The fourth-order valence-electron chi connectivity index (χ4n) is 1.10. The Balaban J connectivity index is 2.60. The van der Waals surface area contributed by atoms with Gasteiger partial charge < -0.3 is 10.3 Å². The molecular weight excluding hydrogens is 359 g/mol. The fraction of sp³-hybridized carbons (Fsp3) is 0. The molecule has 1 heterocycles. The minimum absolute atomic E-state index is 0.375. The summed E-state index contributed by atoms with van der Waals surface area (Å²) >= 11 is 5.58. The number of aromatic nitrogens is 1. The second-order valence-electron chi connectivity index (χ2n) is 2.69. The standard InChI is InChI=1S/C9H6BrIN2O/c10-7-8(14-13-9(7)12)5-3-1-2-4-6(5)11/h1-4H,(H2,12,13). The van der Waals surface area contributed by atoms with E-state index in [1.165, 1.54) is 0 Å². The van der Waals surface area contributed by atoms with Crippen LogP contribution in [-0.2, 0) is 0 Å². The van der Waals surface area contributed by atoms with Gasteiger partial charge in [0.15, 0.2) is 11.6 Å². The molecule has 0 radical (unpaired) electrons. The van der Waals surface area contributed by atoms with Crippen LogP contribution in [0, 0.1) is 3.57 Å². The molecule has 72 valence electrons. The molecule has 2 aromatic rings. The Bertz CT molecular complexity index is 470. The van der Waals surface area contributed by atoms with E-state index >= 15 is 0 Å². The van der Waals surface area contributed by atoms with Crippen molar-refractivity contribution in [2.24, 2.45) is 0 Å². The first-order valence-electron chi connectivity index (χ1n) is 3.85. The van der Waals surface area contributed by atoms with E-state index in [2.05, 4.69) is 43.7 Å². The molecule has 2 rings (SSSR count). The predicted octanol–water partition coefficient (Wildman–Crippen LogP) is 3.29. The van der Waals surface area contributed by atoms with Gasteiger partial charge in [0.1, 0.15) is 4.47 Å². The number of nitrogen functional groups attached to an aromatic ring is 1. The van der Waals surface area contributed by atoms with Crippen LogP contribution < -0.4 is 5.73 Å². The highest BCUT2D eigenvalue weighted by molar-refractivity contribution is 14.1. The zero-order valence-electron chi connectivity index (χ0n) is 7.00. The summed E-state index contributed by atoms with van der Waals surface area (Å²) in [4.78, 5) is 0. The van der Waals surface area contributed by atoms with Gasteiger partial charge in [-0.15, -0.1) is 0 Å². The molecule has 0 saturated heterocycles. The van der Waals surface area contributed by atoms with Crippen LogP contribution in [0.15, 0.2) is 33.3 Å². The van der Waals surface area contributed by atoms with Crippen LogP contribution in [0.2, 0.25) is 0 Å². The molecule has 0 aliphatic rings. The molecule has 0 aliphatic heterocycles. The molecule has 3 nitrogen and oxygen atoms in total. The Kier molecular flexibility index (Phi) is 2.78. The maximum absolute atomic E-state index is 5.57. The smallest absolute Gasteiger partial charge is 0.184 e. The molecule has 1 aromatic heterocycles. The molecule has 5 heteroatoms. The van der Waals surface area contributed by atoms with E-state index in [0.717, 1.165) is 9.13 Å². The second kappa shape index (κ2) is 3.90. The van der Waals surface area contributed by atoms with E-state index in [9.17, 15) is 0 Å². The zero-order valence-corrected chi connectivity index (χ0v) is 10.7. The SMILES string of the molecule is Nc1noc(-c2ccccc2I)c1Br. The van der Waals surface area contributed by atoms with Crippen LogP contribution >= 0.6 is 38.5 Å². The van der Waals surface area contributed by atoms with Crippen LogP contribution in [0.25, 0.3) is 11.3 Å². The minimum atomic E-state index is 0.375. The summed E-state index contributed by atoms with van der Waals surface area (Å²) in [7, 11) is 0. The number of nitrogens with zero attached hydrogens (tertiary/aromatic N) is 1. The quantitative estimate of drug-likeness (QED) is 0.790. The van der Waals surface area contributed by atoms with Crippen molar-refractivity contribution in [1.82, 2.24) is 5.16 Å². The lowest BCUT2D eigenvalue weighted by molar-refractivity contribution is 0.435. The molecule has 0 bridgehead atoms. The van der Waals surface area contributed by atoms with Gasteiger partial charge in [-0.25, -0.2) is 0 Å². The average Bonchev–Trinajstić information content (AvgIpc) is 2.49. The molecule has 14 heavy (non-hydrogen) atoms. The number of hydrogen-bond acceptors (Lipinski definition) is 3. The number of hydrogen-bond donors (Lipinski definition) is 1. The number of halogens is 2. The van der Waals surface area contributed by atoms with Crippen molar-refractivity contribution in [3.05, 3.63) is 32.3 Å². The Hall–Kier alpha value is -0.560. The van der Waals surface area contributed by atoms with Crippen molar-refractivity contribution < 1.29 is 4.52 Å². The van der Waals surface area contributed by atoms with E-state index in [1.807, 2.05) is 24.3 Å². The van der Waals surface area contributed by atoms with Crippen molar-refractivity contribution in [2.75, 3.05) is 5.73 Å². The first kappa shape index (κ1) is 9.97. The molecule has 0 atom stereocenters. The van der Waals surface area contributed by atoms with Gasteiger partial charge >= 0.3 is 0 Å². The van der Waals surface area contributed by atoms with Crippen molar-refractivity contribution in [2.45, 2.75) is 0 Å². The summed E-state index contributed by atoms with van der Waals surface area (Å²) in [5.74, 6) is 1.05. The van der Waals surface area contributed by atoms with Gasteiger partial charge in [-0.3, -0.25) is 0 Å². The van der Waals surface area contributed by atoms with Crippen LogP contribution in [0.5, 0.6) is 0 Å². The van der Waals surface area contributed by atoms with E-state index in [4.69, 9.17) is 10.3 Å². The second-order valence-corrected chi connectivity index (χ2v) is 4.65. The first-order valence-corrected chi connectivity index (χ1v) is 5.73. The number of anilines is 1. The Morgan fingerprint density at radius 3 is 2.64 bits per heavy atom. The predicted molar refractivity (Wildman–Crippen MR) is 66.8 cm³/mol. The molecule has 0 unspecified atom stereocenters. The minimum Gasteiger partial charge on any atom is -0.380 e. The highest BCUT2D eigenvalue weighted by atomic mass is 127. The topological polar surface area (TPSA) is 52.0 Å². The summed E-state index contributed by atoms with van der Waals surface area (Å²) in [6.07, 6.45) is 0. The summed E-state index contributed by atoms with van der Waals surface area (Å²) in [5.41, 5.74) is 6.56. The first-order chi connectivity index (χ1) is 6.70. The third-order valence-corrected chi connectivity index (χ3v) is 3.49. The summed E-state index contributed by atoms with van der Waals surface area (Å²) in [5, 5.41) is 3.69. The highest BCUT2D eigenvalue weighted by Crippen LogP contribution is 2.34. The van der Waals surface area contributed by atoms with E-state index in [1.54, 1.807) is 0 Å². The fourth-order valence-corrected chi connectivity index (χ4v) is 2.09. The summed E-state index contributed by atoms with van der Waals surface area (Å²) in [6, 6.07) is 7.88. The van der Waals surface area contributed by atoms with E-state index in [-0.39, 0.29) is 0 Å². The van der Waals surface area contributed by atoms with E-state index < -0.39 is 0 Å². The maximum atomic E-state index is 5.57. The van der Waals surface area contributed by atoms with Gasteiger partial charge in [-0.1, -0.05) is 23.4 Å². The van der Waals surface area contributed by atoms with Crippen molar-refractivity contribution >= 4 is 44.3 Å². The highest BCUT2D eigenvalue weighted by Gasteiger charge is 2.14. The summed E-state index contributed by atoms with van der Waals surface area (Å²) in [6.45, 7) is 0. The molecule has 0 amide bonds. The van der Waals surface area contributed by atoms with Crippen molar-refractivity contribution in [1.29, 1.82) is 0 Å². The lowest BCUT2D eigenvalue weighted by Gasteiger charge is -1.98. The third-order valence-electron chi connectivity index (χ3n) is 1.78. The normalized spacial score (nSPS) is 10.4. The molecule has 1 aromatic carbocycles. The molecule has 0 spiro atoms. The Morgan fingerprint density at radius 2 is 2.07 bits per heavy atom. The molecule has 0 aliphatic carbocycles. The van der Waals surface area contributed by atoms with Crippen molar-refractivity contribution in [3.8, 4) is 11.3 Å². The van der Waals surface area contributed by atoms with Crippen LogP contribution in [0.3, 0.4) is 0 Å².